The van der Waals surface area contributed by atoms with E-state index < -0.39 is 0 Å². The van der Waals surface area contributed by atoms with Gasteiger partial charge in [-0.3, -0.25) is 0 Å². The summed E-state index contributed by atoms with van der Waals surface area (Å²) in [5.41, 5.74) is 1.48. The molecule has 0 aliphatic heterocycles. The molecule has 0 unspecified atom stereocenters. The molecule has 0 aliphatic carbocycles. The lowest BCUT2D eigenvalue weighted by molar-refractivity contribution is 0.536. The van der Waals surface area contributed by atoms with E-state index in [1.807, 2.05) is 11.3 Å². The summed E-state index contributed by atoms with van der Waals surface area (Å²) in [6.07, 6.45) is 3.86. The summed E-state index contributed by atoms with van der Waals surface area (Å²) in [4.78, 5) is 3.03. The van der Waals surface area contributed by atoms with Crippen molar-refractivity contribution in [3.05, 3.63) is 21.4 Å². The van der Waals surface area contributed by atoms with Crippen LogP contribution in [0.4, 0.5) is 0 Å². The number of aryl methyl sites for hydroxylation is 3. The predicted molar refractivity (Wildman–Crippen MR) is 74.4 cm³/mol. The topological polar surface area (TPSA) is 12.0 Å². The Labute approximate surface area is 104 Å². The lowest BCUT2D eigenvalue weighted by Gasteiger charge is -2.06. The van der Waals surface area contributed by atoms with Crippen LogP contribution in [0.2, 0.25) is 0 Å². The van der Waals surface area contributed by atoms with E-state index >= 15 is 0 Å². The molecular formula is C14H25NS. The van der Waals surface area contributed by atoms with Crippen molar-refractivity contribution < 1.29 is 0 Å². The Balaban J connectivity index is 2.09. The molecule has 1 rings (SSSR count). The molecule has 0 aromatic carbocycles. The van der Waals surface area contributed by atoms with E-state index in [1.54, 1.807) is 4.88 Å². The van der Waals surface area contributed by atoms with Crippen LogP contribution in [0.15, 0.2) is 6.07 Å². The number of thiophene rings is 1. The smallest absolute Gasteiger partial charge is 0.00772 e. The molecule has 0 atom stereocenters. The highest BCUT2D eigenvalue weighted by molar-refractivity contribution is 7.12. The quantitative estimate of drug-likeness (QED) is 0.711. The Morgan fingerprint density at radius 1 is 1.25 bits per heavy atom. The second-order valence-electron chi connectivity index (χ2n) is 5.02. The third kappa shape index (κ3) is 5.13. The van der Waals surface area contributed by atoms with Crippen LogP contribution in [0, 0.1) is 19.8 Å². The first-order valence-corrected chi connectivity index (χ1v) is 7.18. The fraction of sp³-hybridized carbons (Fsp3) is 0.714. The van der Waals surface area contributed by atoms with Gasteiger partial charge in [-0.15, -0.1) is 11.3 Å². The van der Waals surface area contributed by atoms with Crippen LogP contribution in [-0.2, 0) is 6.42 Å². The number of hydrogen-bond acceptors (Lipinski definition) is 2. The maximum absolute atomic E-state index is 3.49. The van der Waals surface area contributed by atoms with Gasteiger partial charge in [0, 0.05) is 9.75 Å². The number of nitrogens with one attached hydrogen (secondary N) is 1. The van der Waals surface area contributed by atoms with E-state index in [0.29, 0.717) is 0 Å². The Morgan fingerprint density at radius 3 is 2.56 bits per heavy atom. The highest BCUT2D eigenvalue weighted by atomic mass is 32.1. The number of rotatable bonds is 7. The van der Waals surface area contributed by atoms with Crippen molar-refractivity contribution in [2.45, 2.75) is 47.0 Å². The van der Waals surface area contributed by atoms with Gasteiger partial charge in [0.25, 0.3) is 0 Å². The SMILES string of the molecule is Cc1cc(C)c(CCCCNCC(C)C)s1. The molecule has 0 amide bonds. The van der Waals surface area contributed by atoms with E-state index in [9.17, 15) is 0 Å². The van der Waals surface area contributed by atoms with E-state index in [4.69, 9.17) is 0 Å². The molecule has 1 heterocycles. The highest BCUT2D eigenvalue weighted by Gasteiger charge is 2.02. The zero-order valence-electron chi connectivity index (χ0n) is 11.1. The Hall–Kier alpha value is -0.340. The molecule has 0 saturated carbocycles. The minimum absolute atomic E-state index is 0.766. The summed E-state index contributed by atoms with van der Waals surface area (Å²) in [6.45, 7) is 11.3. The fourth-order valence-electron chi connectivity index (χ4n) is 1.86. The molecule has 1 aromatic heterocycles. The van der Waals surface area contributed by atoms with Crippen LogP contribution in [-0.4, -0.2) is 13.1 Å². The zero-order chi connectivity index (χ0) is 12.0. The average Bonchev–Trinajstić information content (AvgIpc) is 2.50. The normalized spacial score (nSPS) is 11.3. The maximum Gasteiger partial charge on any atom is 0.00772 e. The zero-order valence-corrected chi connectivity index (χ0v) is 11.9. The largest absolute Gasteiger partial charge is 0.316 e. The van der Waals surface area contributed by atoms with Crippen molar-refractivity contribution in [3.63, 3.8) is 0 Å². The maximum atomic E-state index is 3.49. The van der Waals surface area contributed by atoms with Gasteiger partial charge in [0.05, 0.1) is 0 Å². The number of unbranched alkanes of at least 4 members (excludes halogenated alkanes) is 1. The van der Waals surface area contributed by atoms with Gasteiger partial charge in [-0.25, -0.2) is 0 Å². The second-order valence-corrected chi connectivity index (χ2v) is 6.36. The van der Waals surface area contributed by atoms with Crippen LogP contribution in [0.5, 0.6) is 0 Å². The van der Waals surface area contributed by atoms with Crippen LogP contribution in [0.25, 0.3) is 0 Å². The average molecular weight is 239 g/mol. The van der Waals surface area contributed by atoms with Crippen LogP contribution in [0.1, 0.15) is 42.0 Å². The first kappa shape index (κ1) is 13.7. The highest BCUT2D eigenvalue weighted by Crippen LogP contribution is 2.22. The van der Waals surface area contributed by atoms with Gasteiger partial charge >= 0.3 is 0 Å². The lowest BCUT2D eigenvalue weighted by Crippen LogP contribution is -2.20. The first-order valence-electron chi connectivity index (χ1n) is 6.36. The molecule has 0 radical (unpaired) electrons. The Morgan fingerprint density at radius 2 is 2.00 bits per heavy atom. The summed E-state index contributed by atoms with van der Waals surface area (Å²) in [5.74, 6) is 0.766. The predicted octanol–water partition coefficient (Wildman–Crippen LogP) is 3.93. The summed E-state index contributed by atoms with van der Waals surface area (Å²) >= 11 is 1.96. The molecule has 0 spiro atoms. The molecule has 0 saturated heterocycles. The molecule has 0 aliphatic rings. The Kier molecular flexibility index (Phi) is 6.07. The number of hydrogen-bond donors (Lipinski definition) is 1. The van der Waals surface area contributed by atoms with Crippen molar-refractivity contribution in [3.8, 4) is 0 Å². The molecule has 2 heteroatoms. The third-order valence-corrected chi connectivity index (χ3v) is 3.92. The van der Waals surface area contributed by atoms with Crippen molar-refractivity contribution in [1.82, 2.24) is 5.32 Å². The van der Waals surface area contributed by atoms with Crippen molar-refractivity contribution in [1.29, 1.82) is 0 Å². The van der Waals surface area contributed by atoms with Gasteiger partial charge < -0.3 is 5.32 Å². The third-order valence-electron chi connectivity index (χ3n) is 2.70. The van der Waals surface area contributed by atoms with E-state index in [2.05, 4.69) is 39.1 Å². The molecule has 1 N–H and O–H groups in total. The van der Waals surface area contributed by atoms with Gasteiger partial charge in [-0.1, -0.05) is 13.8 Å². The molecule has 16 heavy (non-hydrogen) atoms. The van der Waals surface area contributed by atoms with E-state index in [-0.39, 0.29) is 0 Å². The van der Waals surface area contributed by atoms with Gasteiger partial charge in [0.2, 0.25) is 0 Å². The van der Waals surface area contributed by atoms with Crippen molar-refractivity contribution in [2.75, 3.05) is 13.1 Å². The van der Waals surface area contributed by atoms with Crippen molar-refractivity contribution in [2.24, 2.45) is 5.92 Å². The second kappa shape index (κ2) is 7.08. The summed E-state index contributed by atoms with van der Waals surface area (Å²) < 4.78 is 0. The van der Waals surface area contributed by atoms with Gasteiger partial charge in [-0.05, 0) is 63.7 Å². The minimum Gasteiger partial charge on any atom is -0.316 e. The first-order chi connectivity index (χ1) is 7.59. The van der Waals surface area contributed by atoms with Gasteiger partial charge in [0.1, 0.15) is 0 Å². The van der Waals surface area contributed by atoms with E-state index in [0.717, 1.165) is 12.5 Å². The van der Waals surface area contributed by atoms with E-state index in [1.165, 1.54) is 36.2 Å². The van der Waals surface area contributed by atoms with Crippen LogP contribution in [0.3, 0.4) is 0 Å². The molecule has 1 aromatic rings. The Bertz CT molecular complexity index is 302. The minimum atomic E-state index is 0.766. The van der Waals surface area contributed by atoms with Crippen LogP contribution < -0.4 is 5.32 Å². The van der Waals surface area contributed by atoms with Gasteiger partial charge in [-0.2, -0.15) is 0 Å². The summed E-state index contributed by atoms with van der Waals surface area (Å²) in [6, 6.07) is 2.30. The summed E-state index contributed by atoms with van der Waals surface area (Å²) in [5, 5.41) is 3.49. The molecule has 92 valence electrons. The molecule has 0 bridgehead atoms. The monoisotopic (exact) mass is 239 g/mol. The fourth-order valence-corrected chi connectivity index (χ4v) is 2.95. The molecule has 0 fully saturated rings. The van der Waals surface area contributed by atoms with Crippen molar-refractivity contribution >= 4 is 11.3 Å². The molecule has 1 nitrogen and oxygen atoms in total. The summed E-state index contributed by atoms with van der Waals surface area (Å²) in [7, 11) is 0. The molecular weight excluding hydrogens is 214 g/mol. The standard InChI is InChI=1S/C14H25NS/c1-11(2)10-15-8-6-5-7-14-12(3)9-13(4)16-14/h9,11,15H,5-8,10H2,1-4H3. The lowest BCUT2D eigenvalue weighted by atomic mass is 10.1. The van der Waals surface area contributed by atoms with Gasteiger partial charge in [0.15, 0.2) is 0 Å². The van der Waals surface area contributed by atoms with Crippen LogP contribution >= 0.6 is 11.3 Å².